The lowest BCUT2D eigenvalue weighted by Gasteiger charge is -2.08. The number of nitrogens with one attached hydrogen (secondary N) is 2. The Morgan fingerprint density at radius 2 is 1.77 bits per heavy atom. The Bertz CT molecular complexity index is 757. The normalized spacial score (nSPS) is 11.5. The van der Waals surface area contributed by atoms with Crippen LogP contribution in [-0.2, 0) is 14.8 Å². The van der Waals surface area contributed by atoms with Gasteiger partial charge < -0.3 is 5.32 Å². The Hall–Kier alpha value is -1.92. The van der Waals surface area contributed by atoms with E-state index in [9.17, 15) is 13.2 Å². The van der Waals surface area contributed by atoms with Crippen LogP contribution in [0.15, 0.2) is 47.4 Å². The van der Waals surface area contributed by atoms with Gasteiger partial charge in [0.05, 0.1) is 4.90 Å². The molecule has 0 fully saturated rings. The number of hydrogen-bond donors (Lipinski definition) is 2. The van der Waals surface area contributed by atoms with Crippen LogP contribution in [-0.4, -0.2) is 27.4 Å². The Kier molecular flexibility index (Phi) is 5.51. The summed E-state index contributed by atoms with van der Waals surface area (Å²) in [5, 5.41) is 4.56. The van der Waals surface area contributed by atoms with Crippen molar-refractivity contribution in [1.29, 1.82) is 0 Å². The third kappa shape index (κ3) is 4.29. The topological polar surface area (TPSA) is 75.3 Å². The van der Waals surface area contributed by atoms with Crippen molar-refractivity contribution < 1.29 is 13.2 Å². The summed E-state index contributed by atoms with van der Waals surface area (Å²) >= 11 is 0. The van der Waals surface area contributed by atoms with Crippen molar-refractivity contribution in [2.24, 2.45) is 0 Å². The fourth-order valence-electron chi connectivity index (χ4n) is 2.07. The average Bonchev–Trinajstić information content (AvgIpc) is 2.52. The van der Waals surface area contributed by atoms with Gasteiger partial charge in [0.2, 0.25) is 15.9 Å². The van der Waals surface area contributed by atoms with Gasteiger partial charge in [-0.05, 0) is 29.3 Å². The lowest BCUT2D eigenvalue weighted by molar-refractivity contribution is -0.120. The Labute approximate surface area is 130 Å². The number of benzene rings is 2. The van der Waals surface area contributed by atoms with Crippen LogP contribution < -0.4 is 10.0 Å². The number of carbonyl (C=O) groups excluding carboxylic acids is 1. The number of carbonyl (C=O) groups is 1. The summed E-state index contributed by atoms with van der Waals surface area (Å²) in [4.78, 5) is 11.7. The smallest absolute Gasteiger partial charge is 0.240 e. The van der Waals surface area contributed by atoms with Crippen LogP contribution in [0.3, 0.4) is 0 Å². The molecule has 0 spiro atoms. The zero-order chi connectivity index (χ0) is 16.0. The van der Waals surface area contributed by atoms with Gasteiger partial charge in [0.15, 0.2) is 0 Å². The van der Waals surface area contributed by atoms with E-state index in [0.717, 1.165) is 17.2 Å². The molecular formula is C16H20N2O3S. The van der Waals surface area contributed by atoms with Gasteiger partial charge in [-0.1, -0.05) is 37.3 Å². The third-order valence-electron chi connectivity index (χ3n) is 3.25. The molecule has 0 aliphatic carbocycles. The van der Waals surface area contributed by atoms with E-state index >= 15 is 0 Å². The standard InChI is InChI=1S/C16H20N2O3S/c1-2-10-17-16(19)9-11-18-22(20,21)15-8-7-13-5-3-4-6-14(13)12-15/h3-8,12,18H,2,9-11H2,1H3,(H,17,19). The van der Waals surface area contributed by atoms with E-state index in [1.807, 2.05) is 31.2 Å². The van der Waals surface area contributed by atoms with Gasteiger partial charge in [-0.25, -0.2) is 13.1 Å². The zero-order valence-corrected chi connectivity index (χ0v) is 13.3. The van der Waals surface area contributed by atoms with Gasteiger partial charge in [-0.3, -0.25) is 4.79 Å². The number of hydrogen-bond acceptors (Lipinski definition) is 3. The lowest BCUT2D eigenvalue weighted by atomic mass is 10.1. The van der Waals surface area contributed by atoms with E-state index in [4.69, 9.17) is 0 Å². The molecule has 0 unspecified atom stereocenters. The molecule has 0 bridgehead atoms. The van der Waals surface area contributed by atoms with Crippen molar-refractivity contribution in [3.8, 4) is 0 Å². The van der Waals surface area contributed by atoms with Gasteiger partial charge in [-0.2, -0.15) is 0 Å². The SMILES string of the molecule is CCCNC(=O)CCNS(=O)(=O)c1ccc2ccccc2c1. The molecular weight excluding hydrogens is 300 g/mol. The molecule has 0 saturated heterocycles. The number of amides is 1. The summed E-state index contributed by atoms with van der Waals surface area (Å²) in [6, 6.07) is 12.5. The lowest BCUT2D eigenvalue weighted by Crippen LogP contribution is -2.31. The molecule has 118 valence electrons. The van der Waals surface area contributed by atoms with Crippen LogP contribution in [0, 0.1) is 0 Å². The second-order valence-corrected chi connectivity index (χ2v) is 6.77. The maximum Gasteiger partial charge on any atom is 0.240 e. The van der Waals surface area contributed by atoms with Crippen LogP contribution in [0.5, 0.6) is 0 Å². The second kappa shape index (κ2) is 7.38. The maximum absolute atomic E-state index is 12.2. The number of rotatable bonds is 7. The highest BCUT2D eigenvalue weighted by Crippen LogP contribution is 2.18. The molecule has 0 radical (unpaired) electrons. The summed E-state index contributed by atoms with van der Waals surface area (Å²) in [6.45, 7) is 2.66. The van der Waals surface area contributed by atoms with E-state index in [1.165, 1.54) is 0 Å². The largest absolute Gasteiger partial charge is 0.356 e. The van der Waals surface area contributed by atoms with Crippen molar-refractivity contribution in [3.63, 3.8) is 0 Å². The van der Waals surface area contributed by atoms with Crippen LogP contribution in [0.4, 0.5) is 0 Å². The maximum atomic E-state index is 12.2. The van der Waals surface area contributed by atoms with Gasteiger partial charge in [0.1, 0.15) is 0 Å². The van der Waals surface area contributed by atoms with Crippen LogP contribution in [0.2, 0.25) is 0 Å². The minimum absolute atomic E-state index is 0.0880. The first-order valence-electron chi connectivity index (χ1n) is 7.28. The van der Waals surface area contributed by atoms with Gasteiger partial charge in [0, 0.05) is 19.5 Å². The molecule has 0 aliphatic heterocycles. The van der Waals surface area contributed by atoms with Crippen LogP contribution in [0.25, 0.3) is 10.8 Å². The molecule has 0 aromatic heterocycles. The summed E-state index contributed by atoms with van der Waals surface area (Å²) in [6.07, 6.45) is 0.987. The molecule has 5 nitrogen and oxygen atoms in total. The second-order valence-electron chi connectivity index (χ2n) is 5.01. The highest BCUT2D eigenvalue weighted by Gasteiger charge is 2.14. The van der Waals surface area contributed by atoms with Crippen molar-refractivity contribution in [2.75, 3.05) is 13.1 Å². The summed E-state index contributed by atoms with van der Waals surface area (Å²) in [7, 11) is -3.60. The molecule has 0 atom stereocenters. The van der Waals surface area contributed by atoms with Crippen molar-refractivity contribution in [1.82, 2.24) is 10.0 Å². The molecule has 6 heteroatoms. The van der Waals surface area contributed by atoms with E-state index in [2.05, 4.69) is 10.0 Å². The average molecular weight is 320 g/mol. The molecule has 2 aromatic rings. The first-order chi connectivity index (χ1) is 10.5. The van der Waals surface area contributed by atoms with Gasteiger partial charge in [0.25, 0.3) is 0 Å². The van der Waals surface area contributed by atoms with E-state index in [1.54, 1.807) is 18.2 Å². The minimum Gasteiger partial charge on any atom is -0.356 e. The minimum atomic E-state index is -3.60. The third-order valence-corrected chi connectivity index (χ3v) is 4.71. The predicted molar refractivity (Wildman–Crippen MR) is 87.1 cm³/mol. The van der Waals surface area contributed by atoms with Crippen molar-refractivity contribution in [2.45, 2.75) is 24.7 Å². The van der Waals surface area contributed by atoms with Gasteiger partial charge in [-0.15, -0.1) is 0 Å². The Morgan fingerprint density at radius 3 is 2.50 bits per heavy atom. The molecule has 0 aliphatic rings. The molecule has 22 heavy (non-hydrogen) atoms. The molecule has 2 rings (SSSR count). The highest BCUT2D eigenvalue weighted by atomic mass is 32.2. The van der Waals surface area contributed by atoms with Crippen LogP contribution in [0.1, 0.15) is 19.8 Å². The van der Waals surface area contributed by atoms with Gasteiger partial charge >= 0.3 is 0 Å². The van der Waals surface area contributed by atoms with Crippen molar-refractivity contribution >= 4 is 26.7 Å². The number of fused-ring (bicyclic) bond motifs is 1. The predicted octanol–water partition coefficient (Wildman–Crippen LogP) is 2.03. The van der Waals surface area contributed by atoms with E-state index in [-0.39, 0.29) is 23.8 Å². The first-order valence-corrected chi connectivity index (χ1v) is 8.76. The summed E-state index contributed by atoms with van der Waals surface area (Å²) in [5.41, 5.74) is 0. The van der Waals surface area contributed by atoms with Crippen LogP contribution >= 0.6 is 0 Å². The van der Waals surface area contributed by atoms with E-state index in [0.29, 0.717) is 6.54 Å². The highest BCUT2D eigenvalue weighted by molar-refractivity contribution is 7.89. The van der Waals surface area contributed by atoms with Crippen molar-refractivity contribution in [3.05, 3.63) is 42.5 Å². The summed E-state index contributed by atoms with van der Waals surface area (Å²) in [5.74, 6) is -0.150. The quantitative estimate of drug-likeness (QED) is 0.820. The zero-order valence-electron chi connectivity index (χ0n) is 12.5. The first kappa shape index (κ1) is 16.5. The molecule has 0 heterocycles. The summed E-state index contributed by atoms with van der Waals surface area (Å²) < 4.78 is 26.9. The fourth-order valence-corrected chi connectivity index (χ4v) is 3.14. The molecule has 1 amide bonds. The molecule has 2 N–H and O–H groups in total. The molecule has 2 aromatic carbocycles. The Balaban J connectivity index is 2.01. The van der Waals surface area contributed by atoms with E-state index < -0.39 is 10.0 Å². The Morgan fingerprint density at radius 1 is 1.05 bits per heavy atom. The fraction of sp³-hybridized carbons (Fsp3) is 0.312. The monoisotopic (exact) mass is 320 g/mol. The number of sulfonamides is 1. The molecule has 0 saturated carbocycles.